The Hall–Kier alpha value is -2.92. The first kappa shape index (κ1) is 17.5. The largest absolute Gasteiger partial charge is 0.497 e. The number of nitrogen functional groups attached to an aromatic ring is 1. The summed E-state index contributed by atoms with van der Waals surface area (Å²) in [5, 5.41) is 0. The molecule has 2 heterocycles. The highest BCUT2D eigenvalue weighted by atomic mass is 16.5. The molecule has 0 radical (unpaired) electrons. The molecule has 0 unspecified atom stereocenters. The third kappa shape index (κ3) is 3.64. The highest BCUT2D eigenvalue weighted by Crippen LogP contribution is 2.37. The van der Waals surface area contributed by atoms with Gasteiger partial charge in [-0.25, -0.2) is 9.97 Å². The van der Waals surface area contributed by atoms with Gasteiger partial charge in [-0.2, -0.15) is 0 Å². The fourth-order valence-corrected chi connectivity index (χ4v) is 3.48. The smallest absolute Gasteiger partial charge is 0.135 e. The second-order valence-electron chi connectivity index (χ2n) is 6.67. The van der Waals surface area contributed by atoms with E-state index in [9.17, 15) is 0 Å². The monoisotopic (exact) mass is 361 g/mol. The van der Waals surface area contributed by atoms with Crippen LogP contribution in [0.3, 0.4) is 0 Å². The Morgan fingerprint density at radius 2 is 1.63 bits per heavy atom. The molecule has 3 aromatic rings. The summed E-state index contributed by atoms with van der Waals surface area (Å²) in [6, 6.07) is 18.0. The molecule has 0 atom stereocenters. The standard InChI is InChI=1S/C22H23N3O2/c1-26-18-9-7-15(8-10-18)19-20(16-5-3-2-4-6-16)24-22(25-21(19)23)17-11-13-27-14-12-17/h2-10,17H,11-14H2,1H3,(H2,23,24,25). The molecule has 1 aliphatic heterocycles. The molecular weight excluding hydrogens is 338 g/mol. The summed E-state index contributed by atoms with van der Waals surface area (Å²) in [5.74, 6) is 2.41. The molecule has 5 heteroatoms. The SMILES string of the molecule is COc1ccc(-c2c(N)nc(C3CCOCC3)nc2-c2ccccc2)cc1. The summed E-state index contributed by atoms with van der Waals surface area (Å²) in [7, 11) is 1.66. The molecule has 138 valence electrons. The summed E-state index contributed by atoms with van der Waals surface area (Å²) in [4.78, 5) is 9.65. The maximum absolute atomic E-state index is 6.46. The molecule has 2 N–H and O–H groups in total. The molecule has 0 saturated carbocycles. The number of nitrogens with zero attached hydrogens (tertiary/aromatic N) is 2. The van der Waals surface area contributed by atoms with Crippen LogP contribution in [0, 0.1) is 0 Å². The van der Waals surface area contributed by atoms with Crippen LogP contribution in [0.25, 0.3) is 22.4 Å². The molecule has 0 amide bonds. The van der Waals surface area contributed by atoms with E-state index in [4.69, 9.17) is 20.2 Å². The van der Waals surface area contributed by atoms with Gasteiger partial charge in [-0.1, -0.05) is 42.5 Å². The van der Waals surface area contributed by atoms with E-state index >= 15 is 0 Å². The van der Waals surface area contributed by atoms with Gasteiger partial charge in [0, 0.05) is 24.7 Å². The average Bonchev–Trinajstić information content (AvgIpc) is 2.74. The zero-order valence-corrected chi connectivity index (χ0v) is 15.4. The van der Waals surface area contributed by atoms with Crippen molar-refractivity contribution in [3.8, 4) is 28.1 Å². The first-order valence-electron chi connectivity index (χ1n) is 9.21. The summed E-state index contributed by atoms with van der Waals surface area (Å²) >= 11 is 0. The van der Waals surface area contributed by atoms with Crippen molar-refractivity contribution < 1.29 is 9.47 Å². The number of hydrogen-bond donors (Lipinski definition) is 1. The van der Waals surface area contributed by atoms with Crippen molar-refractivity contribution in [1.82, 2.24) is 9.97 Å². The van der Waals surface area contributed by atoms with E-state index in [0.717, 1.165) is 60.0 Å². The zero-order valence-electron chi connectivity index (χ0n) is 15.4. The molecule has 1 fully saturated rings. The van der Waals surface area contributed by atoms with Gasteiger partial charge in [-0.15, -0.1) is 0 Å². The second kappa shape index (κ2) is 7.76. The van der Waals surface area contributed by atoms with E-state index < -0.39 is 0 Å². The summed E-state index contributed by atoms with van der Waals surface area (Å²) in [6.07, 6.45) is 1.85. The van der Waals surface area contributed by atoms with Crippen molar-refractivity contribution in [3.63, 3.8) is 0 Å². The minimum atomic E-state index is 0.286. The number of ether oxygens (including phenoxy) is 2. The Morgan fingerprint density at radius 3 is 2.30 bits per heavy atom. The molecule has 27 heavy (non-hydrogen) atoms. The quantitative estimate of drug-likeness (QED) is 0.750. The summed E-state index contributed by atoms with van der Waals surface area (Å²) in [6.45, 7) is 1.49. The predicted octanol–water partition coefficient (Wildman–Crippen LogP) is 4.30. The number of methoxy groups -OCH3 is 1. The van der Waals surface area contributed by atoms with Crippen molar-refractivity contribution in [2.24, 2.45) is 0 Å². The molecule has 0 spiro atoms. The number of aromatic nitrogens is 2. The van der Waals surface area contributed by atoms with Gasteiger partial charge in [0.05, 0.1) is 18.4 Å². The zero-order chi connectivity index (χ0) is 18.6. The van der Waals surface area contributed by atoms with Crippen LogP contribution in [0.1, 0.15) is 24.6 Å². The molecule has 0 aliphatic carbocycles. The average molecular weight is 361 g/mol. The van der Waals surface area contributed by atoms with Crippen molar-refractivity contribution in [3.05, 3.63) is 60.4 Å². The van der Waals surface area contributed by atoms with Gasteiger partial charge in [0.2, 0.25) is 0 Å². The number of nitrogens with two attached hydrogens (primary N) is 1. The van der Waals surface area contributed by atoms with Crippen molar-refractivity contribution in [2.75, 3.05) is 26.1 Å². The van der Waals surface area contributed by atoms with E-state index in [2.05, 4.69) is 17.1 Å². The number of rotatable bonds is 4. The lowest BCUT2D eigenvalue weighted by molar-refractivity contribution is 0.0836. The molecule has 2 aromatic carbocycles. The van der Waals surface area contributed by atoms with Gasteiger partial charge in [0.1, 0.15) is 17.4 Å². The Morgan fingerprint density at radius 1 is 0.926 bits per heavy atom. The molecule has 1 aromatic heterocycles. The van der Waals surface area contributed by atoms with Crippen LogP contribution in [0.15, 0.2) is 54.6 Å². The van der Waals surface area contributed by atoms with E-state index in [0.29, 0.717) is 5.82 Å². The third-order valence-electron chi connectivity index (χ3n) is 4.97. The summed E-state index contributed by atoms with van der Waals surface area (Å²) < 4.78 is 10.8. The lowest BCUT2D eigenvalue weighted by Gasteiger charge is -2.22. The molecule has 4 rings (SSSR count). The van der Waals surface area contributed by atoms with E-state index in [1.54, 1.807) is 7.11 Å². The lowest BCUT2D eigenvalue weighted by Crippen LogP contribution is -2.17. The Balaban J connectivity index is 1.86. The summed E-state index contributed by atoms with van der Waals surface area (Å²) in [5.41, 5.74) is 10.2. The minimum absolute atomic E-state index is 0.286. The Labute approximate surface area is 159 Å². The van der Waals surface area contributed by atoms with Crippen LogP contribution in [0.5, 0.6) is 5.75 Å². The molecule has 1 saturated heterocycles. The Kier molecular flexibility index (Phi) is 5.03. The minimum Gasteiger partial charge on any atom is -0.497 e. The van der Waals surface area contributed by atoms with Gasteiger partial charge in [-0.3, -0.25) is 0 Å². The molecular formula is C22H23N3O2. The molecule has 1 aliphatic rings. The van der Waals surface area contributed by atoms with Gasteiger partial charge in [0.25, 0.3) is 0 Å². The fraction of sp³-hybridized carbons (Fsp3) is 0.273. The highest BCUT2D eigenvalue weighted by Gasteiger charge is 2.23. The van der Waals surface area contributed by atoms with Crippen LogP contribution >= 0.6 is 0 Å². The van der Waals surface area contributed by atoms with Crippen molar-refractivity contribution in [2.45, 2.75) is 18.8 Å². The first-order chi connectivity index (χ1) is 13.3. The maximum atomic E-state index is 6.46. The topological polar surface area (TPSA) is 70.3 Å². The van der Waals surface area contributed by atoms with Gasteiger partial charge in [-0.05, 0) is 30.5 Å². The first-order valence-corrected chi connectivity index (χ1v) is 9.21. The van der Waals surface area contributed by atoms with Crippen LogP contribution in [-0.4, -0.2) is 30.3 Å². The number of hydrogen-bond acceptors (Lipinski definition) is 5. The lowest BCUT2D eigenvalue weighted by atomic mass is 9.96. The van der Waals surface area contributed by atoms with Crippen LogP contribution < -0.4 is 10.5 Å². The van der Waals surface area contributed by atoms with Crippen molar-refractivity contribution in [1.29, 1.82) is 0 Å². The second-order valence-corrected chi connectivity index (χ2v) is 6.67. The normalized spacial score (nSPS) is 14.9. The van der Waals surface area contributed by atoms with Crippen molar-refractivity contribution >= 4 is 5.82 Å². The highest BCUT2D eigenvalue weighted by molar-refractivity contribution is 5.87. The van der Waals surface area contributed by atoms with Gasteiger partial charge in [0.15, 0.2) is 0 Å². The molecule has 0 bridgehead atoms. The third-order valence-corrected chi connectivity index (χ3v) is 4.97. The maximum Gasteiger partial charge on any atom is 0.135 e. The van der Waals surface area contributed by atoms with E-state index in [-0.39, 0.29) is 5.92 Å². The van der Waals surface area contributed by atoms with Crippen LogP contribution in [0.2, 0.25) is 0 Å². The number of anilines is 1. The van der Waals surface area contributed by atoms with E-state index in [1.165, 1.54) is 0 Å². The van der Waals surface area contributed by atoms with Crippen LogP contribution in [-0.2, 0) is 4.74 Å². The fourth-order valence-electron chi connectivity index (χ4n) is 3.48. The van der Waals surface area contributed by atoms with Gasteiger partial charge >= 0.3 is 0 Å². The van der Waals surface area contributed by atoms with Crippen LogP contribution in [0.4, 0.5) is 5.82 Å². The van der Waals surface area contributed by atoms with Gasteiger partial charge < -0.3 is 15.2 Å². The Bertz CT molecular complexity index is 905. The number of benzene rings is 2. The molecule has 5 nitrogen and oxygen atoms in total. The predicted molar refractivity (Wildman–Crippen MR) is 107 cm³/mol. The van der Waals surface area contributed by atoms with E-state index in [1.807, 2.05) is 42.5 Å².